The summed E-state index contributed by atoms with van der Waals surface area (Å²) >= 11 is 11.3. The van der Waals surface area contributed by atoms with Gasteiger partial charge >= 0.3 is 0 Å². The van der Waals surface area contributed by atoms with Gasteiger partial charge in [-0.25, -0.2) is 18.4 Å². The highest BCUT2D eigenvalue weighted by Gasteiger charge is 2.19. The highest BCUT2D eigenvalue weighted by Crippen LogP contribution is 2.21. The fourth-order valence-corrected chi connectivity index (χ4v) is 2.73. The molecule has 0 spiro atoms. The van der Waals surface area contributed by atoms with Crippen molar-refractivity contribution in [3.05, 3.63) is 46.8 Å². The van der Waals surface area contributed by atoms with Gasteiger partial charge in [-0.3, -0.25) is 0 Å². The minimum absolute atomic E-state index is 0.0764. The third kappa shape index (κ3) is 2.57. The normalized spacial score (nSPS) is 11.4. The van der Waals surface area contributed by atoms with Crippen LogP contribution in [-0.4, -0.2) is 18.4 Å². The Balaban J connectivity index is 2.54. The van der Waals surface area contributed by atoms with Gasteiger partial charge in [0.05, 0.1) is 4.90 Å². The predicted molar refractivity (Wildman–Crippen MR) is 63.9 cm³/mol. The molecule has 0 amide bonds. The maximum absolute atomic E-state index is 12.1. The molecule has 7 heteroatoms. The lowest BCUT2D eigenvalue weighted by molar-refractivity contribution is 0.592. The van der Waals surface area contributed by atoms with Crippen molar-refractivity contribution in [2.75, 3.05) is 0 Å². The van der Waals surface area contributed by atoms with E-state index in [9.17, 15) is 8.42 Å². The fraction of sp³-hybridized carbons (Fsp3) is 0. The van der Waals surface area contributed by atoms with E-state index in [0.29, 0.717) is 5.02 Å². The van der Waals surface area contributed by atoms with E-state index in [1.807, 2.05) is 0 Å². The minimum atomic E-state index is -3.67. The Morgan fingerprint density at radius 2 is 1.65 bits per heavy atom. The van der Waals surface area contributed by atoms with Gasteiger partial charge in [-0.1, -0.05) is 23.2 Å². The number of benzene rings is 1. The standard InChI is InChI=1S/C10H6Cl2N2O2S/c11-7-1-3-8(4-2-7)17(15,16)10-5-9(12)13-6-14-10/h1-6H. The lowest BCUT2D eigenvalue weighted by atomic mass is 10.4. The van der Waals surface area contributed by atoms with E-state index in [1.165, 1.54) is 30.3 Å². The molecular weight excluding hydrogens is 283 g/mol. The van der Waals surface area contributed by atoms with Crippen molar-refractivity contribution in [3.63, 3.8) is 0 Å². The second-order valence-electron chi connectivity index (χ2n) is 3.14. The maximum Gasteiger partial charge on any atom is 0.224 e. The zero-order chi connectivity index (χ0) is 12.5. The molecule has 0 N–H and O–H groups in total. The van der Waals surface area contributed by atoms with Crippen LogP contribution in [0.15, 0.2) is 46.6 Å². The SMILES string of the molecule is O=S(=O)(c1ccc(Cl)cc1)c1cc(Cl)ncn1. The van der Waals surface area contributed by atoms with Crippen LogP contribution in [0.25, 0.3) is 0 Å². The summed E-state index contributed by atoms with van der Waals surface area (Å²) in [5, 5.41) is 0.400. The first-order chi connectivity index (χ1) is 8.00. The largest absolute Gasteiger partial charge is 0.225 e. The summed E-state index contributed by atoms with van der Waals surface area (Å²) in [4.78, 5) is 7.43. The van der Waals surface area contributed by atoms with Crippen LogP contribution < -0.4 is 0 Å². The van der Waals surface area contributed by atoms with Gasteiger partial charge in [-0.05, 0) is 24.3 Å². The van der Waals surface area contributed by atoms with Crippen LogP contribution in [-0.2, 0) is 9.84 Å². The number of hydrogen-bond acceptors (Lipinski definition) is 4. The third-order valence-electron chi connectivity index (χ3n) is 2.01. The summed E-state index contributed by atoms with van der Waals surface area (Å²) in [6.07, 6.45) is 1.10. The van der Waals surface area contributed by atoms with E-state index < -0.39 is 9.84 Å². The monoisotopic (exact) mass is 288 g/mol. The van der Waals surface area contributed by atoms with Crippen molar-refractivity contribution >= 4 is 33.0 Å². The number of rotatable bonds is 2. The van der Waals surface area contributed by atoms with E-state index >= 15 is 0 Å². The van der Waals surface area contributed by atoms with Gasteiger partial charge in [0.15, 0.2) is 5.03 Å². The zero-order valence-electron chi connectivity index (χ0n) is 8.34. The minimum Gasteiger partial charge on any atom is -0.225 e. The summed E-state index contributed by atoms with van der Waals surface area (Å²) in [7, 11) is -3.67. The van der Waals surface area contributed by atoms with Gasteiger partial charge in [0.2, 0.25) is 9.84 Å². The fourth-order valence-electron chi connectivity index (χ4n) is 1.20. The Morgan fingerprint density at radius 1 is 1.00 bits per heavy atom. The number of hydrogen-bond donors (Lipinski definition) is 0. The first-order valence-electron chi connectivity index (χ1n) is 4.48. The van der Waals surface area contributed by atoms with Crippen LogP contribution >= 0.6 is 23.2 Å². The summed E-state index contributed by atoms with van der Waals surface area (Å²) in [6, 6.07) is 7.02. The molecule has 0 saturated carbocycles. The van der Waals surface area contributed by atoms with Crippen molar-refractivity contribution in [2.24, 2.45) is 0 Å². The smallest absolute Gasteiger partial charge is 0.224 e. The molecule has 1 heterocycles. The molecule has 0 aliphatic heterocycles. The topological polar surface area (TPSA) is 59.9 Å². The van der Waals surface area contributed by atoms with Gasteiger partial charge < -0.3 is 0 Å². The summed E-state index contributed by atoms with van der Waals surface area (Å²) in [6.45, 7) is 0. The number of nitrogens with zero attached hydrogens (tertiary/aromatic N) is 2. The lowest BCUT2D eigenvalue weighted by Gasteiger charge is -2.03. The van der Waals surface area contributed by atoms with Crippen LogP contribution in [0, 0.1) is 0 Å². The number of halogens is 2. The highest BCUT2D eigenvalue weighted by molar-refractivity contribution is 7.91. The third-order valence-corrected chi connectivity index (χ3v) is 4.13. The van der Waals surface area contributed by atoms with Crippen molar-refractivity contribution in [1.29, 1.82) is 0 Å². The van der Waals surface area contributed by atoms with Gasteiger partial charge in [-0.2, -0.15) is 0 Å². The molecule has 0 saturated heterocycles. The van der Waals surface area contributed by atoms with E-state index in [0.717, 1.165) is 6.33 Å². The molecule has 2 aromatic rings. The van der Waals surface area contributed by atoms with E-state index in [1.54, 1.807) is 0 Å². The zero-order valence-corrected chi connectivity index (χ0v) is 10.7. The molecule has 2 rings (SSSR count). The van der Waals surface area contributed by atoms with Crippen LogP contribution in [0.3, 0.4) is 0 Å². The first kappa shape index (κ1) is 12.3. The molecule has 0 radical (unpaired) electrons. The quantitative estimate of drug-likeness (QED) is 0.797. The summed E-state index contributed by atoms with van der Waals surface area (Å²) in [5.74, 6) is 0. The van der Waals surface area contributed by atoms with Gasteiger partial charge in [0.25, 0.3) is 0 Å². The number of sulfone groups is 1. The van der Waals surface area contributed by atoms with E-state index in [4.69, 9.17) is 23.2 Å². The molecule has 1 aromatic carbocycles. The molecule has 17 heavy (non-hydrogen) atoms. The lowest BCUT2D eigenvalue weighted by Crippen LogP contribution is -2.04. The predicted octanol–water partition coefficient (Wildman–Crippen LogP) is 2.62. The second kappa shape index (κ2) is 4.60. The molecule has 4 nitrogen and oxygen atoms in total. The summed E-state index contributed by atoms with van der Waals surface area (Å²) < 4.78 is 24.2. The number of aromatic nitrogens is 2. The van der Waals surface area contributed by atoms with Crippen LogP contribution in [0.2, 0.25) is 10.2 Å². The average Bonchev–Trinajstić information content (AvgIpc) is 2.29. The van der Waals surface area contributed by atoms with Crippen molar-refractivity contribution in [3.8, 4) is 0 Å². The Hall–Kier alpha value is -1.17. The Morgan fingerprint density at radius 3 is 2.24 bits per heavy atom. The van der Waals surface area contributed by atoms with Crippen molar-refractivity contribution in [2.45, 2.75) is 9.92 Å². The van der Waals surface area contributed by atoms with Crippen LogP contribution in [0.5, 0.6) is 0 Å². The molecular formula is C10H6Cl2N2O2S. The van der Waals surface area contributed by atoms with Gasteiger partial charge in [0.1, 0.15) is 11.5 Å². The second-order valence-corrected chi connectivity index (χ2v) is 5.86. The molecule has 0 aliphatic rings. The van der Waals surface area contributed by atoms with Gasteiger partial charge in [-0.15, -0.1) is 0 Å². The van der Waals surface area contributed by atoms with Gasteiger partial charge in [0, 0.05) is 11.1 Å². The maximum atomic E-state index is 12.1. The Kier molecular flexibility index (Phi) is 3.33. The molecule has 0 fully saturated rings. The van der Waals surface area contributed by atoms with Crippen molar-refractivity contribution in [1.82, 2.24) is 9.97 Å². The van der Waals surface area contributed by atoms with E-state index in [-0.39, 0.29) is 15.1 Å². The van der Waals surface area contributed by atoms with Crippen molar-refractivity contribution < 1.29 is 8.42 Å². The van der Waals surface area contributed by atoms with Crippen LogP contribution in [0.4, 0.5) is 0 Å². The molecule has 0 bridgehead atoms. The molecule has 88 valence electrons. The summed E-state index contributed by atoms with van der Waals surface area (Å²) in [5.41, 5.74) is 0. The molecule has 1 aromatic heterocycles. The Labute approximate surface area is 108 Å². The van der Waals surface area contributed by atoms with Crippen LogP contribution in [0.1, 0.15) is 0 Å². The molecule has 0 aliphatic carbocycles. The highest BCUT2D eigenvalue weighted by atomic mass is 35.5. The molecule has 0 unspecified atom stereocenters. The molecule has 0 atom stereocenters. The first-order valence-corrected chi connectivity index (χ1v) is 6.72. The average molecular weight is 289 g/mol. The van der Waals surface area contributed by atoms with E-state index in [2.05, 4.69) is 9.97 Å². The Bertz CT molecular complexity index is 642.